The molecule has 0 saturated heterocycles. The fourth-order valence-corrected chi connectivity index (χ4v) is 3.77. The zero-order chi connectivity index (χ0) is 24.0. The summed E-state index contributed by atoms with van der Waals surface area (Å²) in [5.74, 6) is 1.83. The number of amides is 1. The number of fused-ring (bicyclic) bond motifs is 1. The summed E-state index contributed by atoms with van der Waals surface area (Å²) in [5, 5.41) is 17.3. The number of H-pyrrole nitrogens is 1. The predicted octanol–water partition coefficient (Wildman–Crippen LogP) is 4.63. The van der Waals surface area contributed by atoms with Crippen molar-refractivity contribution < 1.29 is 19.0 Å². The van der Waals surface area contributed by atoms with Crippen LogP contribution in [0.3, 0.4) is 0 Å². The van der Waals surface area contributed by atoms with E-state index in [1.165, 1.54) is 5.56 Å². The van der Waals surface area contributed by atoms with Crippen LogP contribution >= 0.6 is 11.6 Å². The molecule has 35 heavy (non-hydrogen) atoms. The highest BCUT2D eigenvalue weighted by Crippen LogP contribution is 2.41. The zero-order valence-corrected chi connectivity index (χ0v) is 19.4. The number of rotatable bonds is 8. The fourth-order valence-electron chi connectivity index (χ4n) is 3.64. The second-order valence-corrected chi connectivity index (χ2v) is 8.33. The number of tetrazole rings is 1. The van der Waals surface area contributed by atoms with Gasteiger partial charge in [-0.2, -0.15) is 0 Å². The highest BCUT2D eigenvalue weighted by atomic mass is 35.5. The number of halogens is 1. The van der Waals surface area contributed by atoms with Crippen molar-refractivity contribution in [2.24, 2.45) is 0 Å². The first-order valence-electron chi connectivity index (χ1n) is 11.1. The number of carbonyl (C=O) groups is 1. The highest BCUT2D eigenvalue weighted by molar-refractivity contribution is 6.30. The predicted molar refractivity (Wildman–Crippen MR) is 129 cm³/mol. The van der Waals surface area contributed by atoms with Gasteiger partial charge in [-0.3, -0.25) is 4.79 Å². The Labute approximate surface area is 206 Å². The molecule has 3 aromatic carbocycles. The van der Waals surface area contributed by atoms with Crippen molar-refractivity contribution in [1.29, 1.82) is 0 Å². The molecule has 0 saturated carbocycles. The number of hydrogen-bond acceptors (Lipinski definition) is 7. The fraction of sp³-hybridized carbons (Fsp3) is 0.200. The minimum absolute atomic E-state index is 0.252. The van der Waals surface area contributed by atoms with Crippen molar-refractivity contribution in [2.45, 2.75) is 18.9 Å². The van der Waals surface area contributed by atoms with Crippen molar-refractivity contribution >= 4 is 23.2 Å². The van der Waals surface area contributed by atoms with Crippen LogP contribution in [0.2, 0.25) is 5.02 Å². The van der Waals surface area contributed by atoms with E-state index in [0.29, 0.717) is 40.9 Å². The molecule has 0 bridgehead atoms. The van der Waals surface area contributed by atoms with Gasteiger partial charge in [0.15, 0.2) is 23.4 Å². The van der Waals surface area contributed by atoms with E-state index >= 15 is 0 Å². The number of ether oxygens (including phenoxy) is 3. The van der Waals surface area contributed by atoms with Crippen LogP contribution in [0, 0.1) is 0 Å². The molecule has 0 aliphatic carbocycles. The Bertz CT molecular complexity index is 1280. The Balaban J connectivity index is 1.17. The molecule has 5 rings (SSSR count). The third-order valence-corrected chi connectivity index (χ3v) is 5.70. The van der Waals surface area contributed by atoms with Gasteiger partial charge in [-0.1, -0.05) is 29.8 Å². The van der Waals surface area contributed by atoms with Crippen molar-refractivity contribution in [2.75, 3.05) is 18.5 Å². The number of benzene rings is 3. The van der Waals surface area contributed by atoms with E-state index in [4.69, 9.17) is 25.8 Å². The Morgan fingerprint density at radius 1 is 1.11 bits per heavy atom. The van der Waals surface area contributed by atoms with Gasteiger partial charge in [0.25, 0.3) is 5.91 Å². The van der Waals surface area contributed by atoms with E-state index in [1.807, 2.05) is 24.3 Å². The minimum Gasteiger partial charge on any atom is -0.494 e. The van der Waals surface area contributed by atoms with E-state index in [0.717, 1.165) is 17.9 Å². The summed E-state index contributed by atoms with van der Waals surface area (Å²) < 4.78 is 17.6. The monoisotopic (exact) mass is 491 g/mol. The summed E-state index contributed by atoms with van der Waals surface area (Å²) in [6.07, 6.45) is 1.26. The molecule has 178 valence electrons. The molecule has 1 aromatic heterocycles. The second-order valence-electron chi connectivity index (χ2n) is 7.89. The molecular weight excluding hydrogens is 470 g/mol. The molecule has 4 aromatic rings. The largest absolute Gasteiger partial charge is 0.494 e. The number of anilines is 1. The van der Waals surface area contributed by atoms with Crippen molar-refractivity contribution in [3.8, 4) is 17.2 Å². The number of hydrogen-bond donors (Lipinski definition) is 2. The second kappa shape index (κ2) is 10.4. The van der Waals surface area contributed by atoms with E-state index in [1.54, 1.807) is 42.5 Å². The molecule has 9 nitrogen and oxygen atoms in total. The lowest BCUT2D eigenvalue weighted by Crippen LogP contribution is -2.24. The quantitative estimate of drug-likeness (QED) is 0.346. The van der Waals surface area contributed by atoms with Crippen molar-refractivity contribution in [3.05, 3.63) is 88.7 Å². The molecule has 0 fully saturated rings. The van der Waals surface area contributed by atoms with Gasteiger partial charge < -0.3 is 19.5 Å². The summed E-state index contributed by atoms with van der Waals surface area (Å²) >= 11 is 5.92. The summed E-state index contributed by atoms with van der Waals surface area (Å²) in [6, 6.07) is 20.1. The summed E-state index contributed by atoms with van der Waals surface area (Å²) in [4.78, 5) is 12.9. The lowest BCUT2D eigenvalue weighted by molar-refractivity contribution is 0.0856. The summed E-state index contributed by atoms with van der Waals surface area (Å²) in [7, 11) is 0. The lowest BCUT2D eigenvalue weighted by atomic mass is 10.1. The molecule has 0 radical (unpaired) electrons. The molecule has 2 N–H and O–H groups in total. The van der Waals surface area contributed by atoms with Gasteiger partial charge in [0.05, 0.1) is 12.3 Å². The Morgan fingerprint density at radius 2 is 1.94 bits per heavy atom. The number of nitrogens with zero attached hydrogens (tertiary/aromatic N) is 3. The van der Waals surface area contributed by atoms with Crippen LogP contribution < -0.4 is 19.5 Å². The van der Waals surface area contributed by atoms with Gasteiger partial charge >= 0.3 is 0 Å². The van der Waals surface area contributed by atoms with E-state index in [9.17, 15) is 4.79 Å². The maximum Gasteiger partial charge on any atom is 0.255 e. The number of nitrogens with one attached hydrogen (secondary N) is 2. The van der Waals surface area contributed by atoms with Gasteiger partial charge in [0.2, 0.25) is 0 Å². The van der Waals surface area contributed by atoms with Gasteiger partial charge in [-0.05, 0) is 77.4 Å². The van der Waals surface area contributed by atoms with E-state index in [2.05, 4.69) is 25.9 Å². The van der Waals surface area contributed by atoms with Crippen LogP contribution in [0.15, 0.2) is 66.7 Å². The minimum atomic E-state index is -0.508. The van der Waals surface area contributed by atoms with Crippen LogP contribution in [0.5, 0.6) is 17.2 Å². The molecule has 1 amide bonds. The van der Waals surface area contributed by atoms with Gasteiger partial charge in [-0.15, -0.1) is 5.10 Å². The van der Waals surface area contributed by atoms with Crippen LogP contribution in [0.4, 0.5) is 5.69 Å². The van der Waals surface area contributed by atoms with E-state index in [-0.39, 0.29) is 12.5 Å². The number of aromatic nitrogens is 4. The maximum atomic E-state index is 12.9. The lowest BCUT2D eigenvalue weighted by Gasteiger charge is -2.26. The topological polar surface area (TPSA) is 111 Å². The highest BCUT2D eigenvalue weighted by Gasteiger charge is 2.28. The summed E-state index contributed by atoms with van der Waals surface area (Å²) in [6.45, 7) is 0.825. The van der Waals surface area contributed by atoms with Crippen LogP contribution in [-0.2, 0) is 6.42 Å². The molecule has 1 aliphatic heterocycles. The molecule has 1 unspecified atom stereocenters. The van der Waals surface area contributed by atoms with E-state index < -0.39 is 6.10 Å². The third-order valence-electron chi connectivity index (χ3n) is 5.45. The molecule has 1 aliphatic rings. The van der Waals surface area contributed by atoms with Gasteiger partial charge in [-0.25, -0.2) is 5.10 Å². The van der Waals surface area contributed by atoms with Crippen molar-refractivity contribution in [3.63, 3.8) is 0 Å². The molecule has 1 atom stereocenters. The van der Waals surface area contributed by atoms with Crippen LogP contribution in [-0.4, -0.2) is 39.7 Å². The first kappa shape index (κ1) is 22.7. The molecule has 10 heteroatoms. The van der Waals surface area contributed by atoms with Crippen LogP contribution in [0.1, 0.15) is 34.3 Å². The number of aryl methyl sites for hydroxylation is 1. The Morgan fingerprint density at radius 3 is 2.71 bits per heavy atom. The van der Waals surface area contributed by atoms with Gasteiger partial charge in [0.1, 0.15) is 12.4 Å². The third kappa shape index (κ3) is 5.52. The number of carbonyl (C=O) groups excluding carboxylic acids is 1. The number of para-hydroxylation sites is 1. The first-order valence-corrected chi connectivity index (χ1v) is 11.5. The Hall–Kier alpha value is -4.11. The number of aromatic amines is 1. The van der Waals surface area contributed by atoms with Crippen LogP contribution in [0.25, 0.3) is 0 Å². The average Bonchev–Trinajstić information content (AvgIpc) is 3.43. The molecular formula is C25H22ClN5O4. The zero-order valence-electron chi connectivity index (χ0n) is 18.6. The molecule has 0 spiro atoms. The maximum absolute atomic E-state index is 12.9. The standard InChI is InChI=1S/C25H22ClN5O4/c26-18-10-6-16(7-11-18)3-2-14-33-19-12-8-17(9-13-19)25(32)27-20-4-1-5-21-23(20)35-22(15-34-21)24-28-30-31-29-24/h1,4-13,22H,2-3,14-15H2,(H,27,32)(H,28,29,30,31). The summed E-state index contributed by atoms with van der Waals surface area (Å²) in [5.41, 5.74) is 2.20. The normalized spacial score (nSPS) is 14.4. The van der Waals surface area contributed by atoms with Gasteiger partial charge in [0, 0.05) is 10.6 Å². The Kier molecular flexibility index (Phi) is 6.76. The average molecular weight is 492 g/mol. The van der Waals surface area contributed by atoms with Crippen molar-refractivity contribution in [1.82, 2.24) is 20.6 Å². The molecule has 2 heterocycles. The SMILES string of the molecule is O=C(Nc1cccc2c1OC(c1nnn[nH]1)CO2)c1ccc(OCCCc2ccc(Cl)cc2)cc1. The first-order chi connectivity index (χ1) is 17.2. The smallest absolute Gasteiger partial charge is 0.255 e.